The van der Waals surface area contributed by atoms with Crippen molar-refractivity contribution in [1.29, 1.82) is 0 Å². The molecule has 0 radical (unpaired) electrons. The summed E-state index contributed by atoms with van der Waals surface area (Å²) in [4.78, 5) is 44.2. The number of rotatable bonds is 11. The maximum absolute atomic E-state index is 13.8. The zero-order valence-corrected chi connectivity index (χ0v) is 21.8. The molecule has 7 nitrogen and oxygen atoms in total. The molecule has 0 aliphatic carbocycles. The maximum atomic E-state index is 13.8. The molecule has 198 valence electrons. The van der Waals surface area contributed by atoms with Crippen molar-refractivity contribution in [1.82, 2.24) is 15.2 Å². The quantitative estimate of drug-likeness (QED) is 0.275. The van der Waals surface area contributed by atoms with E-state index in [0.717, 1.165) is 11.1 Å². The molecule has 4 aromatic rings. The lowest BCUT2D eigenvalue weighted by molar-refractivity contribution is -0.137. The lowest BCUT2D eigenvalue weighted by Crippen LogP contribution is -2.35. The van der Waals surface area contributed by atoms with Crippen LogP contribution in [0.15, 0.2) is 103 Å². The van der Waals surface area contributed by atoms with Crippen molar-refractivity contribution in [3.8, 4) is 11.1 Å². The van der Waals surface area contributed by atoms with E-state index in [1.54, 1.807) is 41.6 Å². The van der Waals surface area contributed by atoms with Crippen LogP contribution in [0, 0.1) is 0 Å². The molecular weight excluding hydrogens is 490 g/mol. The molecule has 1 atom stereocenters. The Morgan fingerprint density at radius 2 is 1.38 bits per heavy atom. The number of aliphatic carboxylic acids is 1. The van der Waals surface area contributed by atoms with Crippen LogP contribution in [0.3, 0.4) is 0 Å². The summed E-state index contributed by atoms with van der Waals surface area (Å²) >= 11 is 0. The van der Waals surface area contributed by atoms with Gasteiger partial charge in [-0.1, -0.05) is 66.7 Å². The van der Waals surface area contributed by atoms with Gasteiger partial charge in [0.2, 0.25) is 0 Å². The van der Waals surface area contributed by atoms with Crippen LogP contribution in [0.2, 0.25) is 0 Å². The van der Waals surface area contributed by atoms with Gasteiger partial charge in [0.1, 0.15) is 0 Å². The fourth-order valence-corrected chi connectivity index (χ4v) is 4.45. The second-order valence-corrected chi connectivity index (χ2v) is 9.24. The van der Waals surface area contributed by atoms with Gasteiger partial charge in [0, 0.05) is 36.6 Å². The average Bonchev–Trinajstić information content (AvgIpc) is 2.97. The van der Waals surface area contributed by atoms with Crippen LogP contribution in [0.1, 0.15) is 51.2 Å². The number of carboxylic acid groups (broad SMARTS) is 1. The van der Waals surface area contributed by atoms with Crippen molar-refractivity contribution in [2.24, 2.45) is 0 Å². The summed E-state index contributed by atoms with van der Waals surface area (Å²) in [5, 5.41) is 12.4. The molecule has 2 N–H and O–H groups in total. The normalized spacial score (nSPS) is 11.4. The first kappa shape index (κ1) is 27.3. The first-order valence-corrected chi connectivity index (χ1v) is 12.9. The summed E-state index contributed by atoms with van der Waals surface area (Å²) in [7, 11) is 0. The van der Waals surface area contributed by atoms with Gasteiger partial charge in [-0.15, -0.1) is 0 Å². The fraction of sp³-hybridized carbons (Fsp3) is 0.188. The lowest BCUT2D eigenvalue weighted by Gasteiger charge is -2.24. The van der Waals surface area contributed by atoms with E-state index in [2.05, 4.69) is 10.3 Å². The van der Waals surface area contributed by atoms with Gasteiger partial charge in [0.05, 0.1) is 12.5 Å². The number of benzene rings is 3. The van der Waals surface area contributed by atoms with Gasteiger partial charge >= 0.3 is 5.97 Å². The van der Waals surface area contributed by atoms with E-state index in [1.165, 1.54) is 0 Å². The Balaban J connectivity index is 1.63. The highest BCUT2D eigenvalue weighted by molar-refractivity contribution is 6.06. The number of carbonyl (C=O) groups excluding carboxylic acids is 2. The van der Waals surface area contributed by atoms with Crippen LogP contribution < -0.4 is 5.32 Å². The zero-order valence-electron chi connectivity index (χ0n) is 21.8. The molecule has 1 unspecified atom stereocenters. The van der Waals surface area contributed by atoms with Crippen LogP contribution in [-0.2, 0) is 11.2 Å². The molecule has 0 aliphatic heterocycles. The Hall–Kier alpha value is -4.78. The van der Waals surface area contributed by atoms with Gasteiger partial charge in [0.25, 0.3) is 11.8 Å². The van der Waals surface area contributed by atoms with E-state index in [4.69, 9.17) is 0 Å². The van der Waals surface area contributed by atoms with Crippen LogP contribution in [0.4, 0.5) is 0 Å². The highest BCUT2D eigenvalue weighted by atomic mass is 16.4. The highest BCUT2D eigenvalue weighted by Crippen LogP contribution is 2.29. The number of nitrogens with one attached hydrogen (secondary N) is 1. The van der Waals surface area contributed by atoms with Crippen molar-refractivity contribution in [2.75, 3.05) is 13.1 Å². The summed E-state index contributed by atoms with van der Waals surface area (Å²) < 4.78 is 0. The molecule has 3 aromatic carbocycles. The summed E-state index contributed by atoms with van der Waals surface area (Å²) in [5.74, 6) is -1.50. The summed E-state index contributed by atoms with van der Waals surface area (Å²) in [5.41, 5.74) is 4.10. The monoisotopic (exact) mass is 521 g/mol. The number of amides is 2. The van der Waals surface area contributed by atoms with E-state index in [0.29, 0.717) is 35.2 Å². The minimum Gasteiger partial charge on any atom is -0.481 e. The van der Waals surface area contributed by atoms with Gasteiger partial charge < -0.3 is 15.3 Å². The molecule has 0 saturated carbocycles. The van der Waals surface area contributed by atoms with Gasteiger partial charge in [-0.25, -0.2) is 0 Å². The SMILES string of the molecule is CC(NC(=O)c1ccccc1-c1ccccc1C(=O)N(CCC(=O)O)CCc1ccncc1)c1ccccc1. The van der Waals surface area contributed by atoms with Crippen LogP contribution in [-0.4, -0.2) is 45.9 Å². The van der Waals surface area contributed by atoms with Crippen molar-refractivity contribution < 1.29 is 19.5 Å². The van der Waals surface area contributed by atoms with Crippen molar-refractivity contribution in [2.45, 2.75) is 25.8 Å². The van der Waals surface area contributed by atoms with E-state index in [1.807, 2.05) is 73.7 Å². The van der Waals surface area contributed by atoms with Gasteiger partial charge in [-0.2, -0.15) is 0 Å². The van der Waals surface area contributed by atoms with Gasteiger partial charge in [-0.3, -0.25) is 19.4 Å². The molecule has 7 heteroatoms. The zero-order chi connectivity index (χ0) is 27.6. The van der Waals surface area contributed by atoms with E-state index in [9.17, 15) is 19.5 Å². The molecule has 1 aromatic heterocycles. The summed E-state index contributed by atoms with van der Waals surface area (Å²) in [6.07, 6.45) is 3.77. The van der Waals surface area contributed by atoms with E-state index in [-0.39, 0.29) is 30.8 Å². The number of carbonyl (C=O) groups is 3. The predicted octanol–water partition coefficient (Wildman–Crippen LogP) is 5.40. The Bertz CT molecular complexity index is 1420. The number of nitrogens with zero attached hydrogens (tertiary/aromatic N) is 2. The van der Waals surface area contributed by atoms with Crippen molar-refractivity contribution in [3.05, 3.63) is 126 Å². The molecule has 1 heterocycles. The molecule has 2 amide bonds. The number of aromatic nitrogens is 1. The van der Waals surface area contributed by atoms with Gasteiger partial charge in [-0.05, 0) is 59.9 Å². The molecule has 0 fully saturated rings. The summed E-state index contributed by atoms with van der Waals surface area (Å²) in [6, 6.07) is 27.6. The third-order valence-corrected chi connectivity index (χ3v) is 6.57. The highest BCUT2D eigenvalue weighted by Gasteiger charge is 2.23. The third-order valence-electron chi connectivity index (χ3n) is 6.57. The Labute approximate surface area is 228 Å². The maximum Gasteiger partial charge on any atom is 0.305 e. The smallest absolute Gasteiger partial charge is 0.305 e. The van der Waals surface area contributed by atoms with Crippen molar-refractivity contribution in [3.63, 3.8) is 0 Å². The number of hydrogen-bond donors (Lipinski definition) is 2. The summed E-state index contributed by atoms with van der Waals surface area (Å²) in [6.45, 7) is 2.35. The van der Waals surface area contributed by atoms with Crippen LogP contribution in [0.25, 0.3) is 11.1 Å². The molecule has 39 heavy (non-hydrogen) atoms. The lowest BCUT2D eigenvalue weighted by atomic mass is 9.94. The van der Waals surface area contributed by atoms with Crippen LogP contribution >= 0.6 is 0 Å². The van der Waals surface area contributed by atoms with E-state index < -0.39 is 5.97 Å². The number of pyridine rings is 1. The average molecular weight is 522 g/mol. The molecule has 0 aliphatic rings. The molecule has 0 spiro atoms. The topological polar surface area (TPSA) is 99.6 Å². The number of hydrogen-bond acceptors (Lipinski definition) is 4. The molecule has 0 saturated heterocycles. The first-order chi connectivity index (χ1) is 18.9. The third kappa shape index (κ3) is 7.17. The predicted molar refractivity (Wildman–Crippen MR) is 150 cm³/mol. The first-order valence-electron chi connectivity index (χ1n) is 12.9. The fourth-order valence-electron chi connectivity index (χ4n) is 4.45. The second-order valence-electron chi connectivity index (χ2n) is 9.24. The Morgan fingerprint density at radius 1 is 0.795 bits per heavy atom. The number of carboxylic acids is 1. The second kappa shape index (κ2) is 13.1. The largest absolute Gasteiger partial charge is 0.481 e. The minimum atomic E-state index is -0.973. The van der Waals surface area contributed by atoms with E-state index >= 15 is 0 Å². The standard InChI is InChI=1S/C32H31N3O4/c1-23(25-9-3-2-4-10-25)34-31(38)28-13-7-5-11-26(28)27-12-6-8-14-29(27)32(39)35(22-18-30(36)37)21-17-24-15-19-33-20-16-24/h2-16,19-20,23H,17-18,21-22H2,1H3,(H,34,38)(H,36,37). The Morgan fingerprint density at radius 3 is 2.05 bits per heavy atom. The molecule has 0 bridgehead atoms. The van der Waals surface area contributed by atoms with Gasteiger partial charge in [0.15, 0.2) is 0 Å². The van der Waals surface area contributed by atoms with Crippen molar-refractivity contribution >= 4 is 17.8 Å². The molecule has 4 rings (SSSR count). The molecular formula is C32H31N3O4. The van der Waals surface area contributed by atoms with Crippen LogP contribution in [0.5, 0.6) is 0 Å². The Kier molecular flexibility index (Phi) is 9.19. The minimum absolute atomic E-state index is 0.0737.